The number of aromatic nitrogens is 3. The molecule has 0 saturated carbocycles. The molecule has 2 aromatic heterocycles. The second-order valence-corrected chi connectivity index (χ2v) is 6.92. The number of pyridine rings is 1. The first-order valence-electron chi connectivity index (χ1n) is 9.36. The summed E-state index contributed by atoms with van der Waals surface area (Å²) in [7, 11) is 0. The van der Waals surface area contributed by atoms with Crippen LogP contribution < -0.4 is 10.2 Å². The summed E-state index contributed by atoms with van der Waals surface area (Å²) in [5.74, 6) is -1.42. The van der Waals surface area contributed by atoms with E-state index in [9.17, 15) is 8.78 Å². The van der Waals surface area contributed by atoms with Crippen molar-refractivity contribution >= 4 is 17.3 Å². The highest BCUT2D eigenvalue weighted by Crippen LogP contribution is 2.29. The lowest BCUT2D eigenvalue weighted by molar-refractivity contribution is 0.0175. The minimum atomic E-state index is -2.86. The Labute approximate surface area is 167 Å². The van der Waals surface area contributed by atoms with Crippen molar-refractivity contribution in [2.75, 3.05) is 36.5 Å². The Bertz CT molecular complexity index is 969. The fourth-order valence-corrected chi connectivity index (χ4v) is 3.15. The van der Waals surface area contributed by atoms with E-state index in [1.165, 1.54) is 12.1 Å². The van der Waals surface area contributed by atoms with Gasteiger partial charge in [0.2, 0.25) is 0 Å². The fourth-order valence-electron chi connectivity index (χ4n) is 3.15. The number of alkyl halides is 2. The predicted octanol–water partition coefficient (Wildman–Crippen LogP) is 4.23. The number of nitrogens with zero attached hydrogens (tertiary/aromatic N) is 4. The van der Waals surface area contributed by atoms with Gasteiger partial charge in [-0.1, -0.05) is 24.3 Å². The zero-order chi connectivity index (χ0) is 20.3. The second kappa shape index (κ2) is 8.08. The molecule has 150 valence electrons. The van der Waals surface area contributed by atoms with Gasteiger partial charge in [0, 0.05) is 49.1 Å². The van der Waals surface area contributed by atoms with Gasteiger partial charge < -0.3 is 15.0 Å². The average molecular weight is 397 g/mol. The molecule has 0 radical (unpaired) electrons. The molecular weight excluding hydrogens is 376 g/mol. The molecule has 0 bridgehead atoms. The first-order valence-corrected chi connectivity index (χ1v) is 9.36. The van der Waals surface area contributed by atoms with E-state index in [0.717, 1.165) is 42.6 Å². The van der Waals surface area contributed by atoms with Crippen LogP contribution in [0.15, 0.2) is 54.9 Å². The molecule has 3 aromatic rings. The summed E-state index contributed by atoms with van der Waals surface area (Å²) < 4.78 is 32.2. The number of ether oxygens (including phenoxy) is 1. The molecule has 1 saturated heterocycles. The molecule has 0 atom stereocenters. The van der Waals surface area contributed by atoms with Crippen LogP contribution in [0.1, 0.15) is 12.5 Å². The van der Waals surface area contributed by atoms with Crippen LogP contribution in [0.2, 0.25) is 0 Å². The van der Waals surface area contributed by atoms with E-state index in [1.807, 2.05) is 18.2 Å². The van der Waals surface area contributed by atoms with Crippen molar-refractivity contribution in [2.45, 2.75) is 12.8 Å². The number of anilines is 3. The maximum absolute atomic E-state index is 13.4. The van der Waals surface area contributed by atoms with E-state index < -0.39 is 5.92 Å². The van der Waals surface area contributed by atoms with Crippen molar-refractivity contribution in [3.63, 3.8) is 0 Å². The summed E-state index contributed by atoms with van der Waals surface area (Å²) in [6.07, 6.45) is 3.35. The number of halogens is 2. The van der Waals surface area contributed by atoms with Crippen molar-refractivity contribution in [1.82, 2.24) is 15.2 Å². The number of hydrogen-bond acceptors (Lipinski definition) is 6. The normalized spacial score (nSPS) is 14.7. The van der Waals surface area contributed by atoms with Gasteiger partial charge in [-0.05, 0) is 17.7 Å². The molecule has 0 spiro atoms. The van der Waals surface area contributed by atoms with Gasteiger partial charge >= 0.3 is 0 Å². The fraction of sp³-hybridized carbons (Fsp3) is 0.286. The van der Waals surface area contributed by atoms with Gasteiger partial charge in [0.1, 0.15) is 5.82 Å². The van der Waals surface area contributed by atoms with Crippen LogP contribution in [0.3, 0.4) is 0 Å². The number of rotatable bonds is 5. The molecule has 0 unspecified atom stereocenters. The second-order valence-electron chi connectivity index (χ2n) is 6.92. The van der Waals surface area contributed by atoms with E-state index in [1.54, 1.807) is 24.5 Å². The third kappa shape index (κ3) is 4.65. The number of benzene rings is 1. The smallest absolute Gasteiger partial charge is 0.270 e. The van der Waals surface area contributed by atoms with Gasteiger partial charge in [-0.15, -0.1) is 5.10 Å². The molecule has 1 fully saturated rings. The Kier molecular flexibility index (Phi) is 5.35. The predicted molar refractivity (Wildman–Crippen MR) is 108 cm³/mol. The van der Waals surface area contributed by atoms with Gasteiger partial charge in [0.15, 0.2) is 5.82 Å². The average Bonchev–Trinajstić information content (AvgIpc) is 2.74. The molecule has 1 aliphatic rings. The molecule has 6 nitrogen and oxygen atoms in total. The van der Waals surface area contributed by atoms with E-state index in [-0.39, 0.29) is 5.56 Å². The molecule has 1 aromatic carbocycles. The molecule has 1 N–H and O–H groups in total. The van der Waals surface area contributed by atoms with Crippen LogP contribution in [0.5, 0.6) is 0 Å². The van der Waals surface area contributed by atoms with Crippen molar-refractivity contribution < 1.29 is 13.5 Å². The lowest BCUT2D eigenvalue weighted by Crippen LogP contribution is -2.36. The van der Waals surface area contributed by atoms with Crippen molar-refractivity contribution in [3.05, 3.63) is 60.4 Å². The summed E-state index contributed by atoms with van der Waals surface area (Å²) in [6, 6.07) is 11.8. The quantitative estimate of drug-likeness (QED) is 0.695. The summed E-state index contributed by atoms with van der Waals surface area (Å²) in [5, 5.41) is 11.4. The lowest BCUT2D eigenvalue weighted by Gasteiger charge is -2.28. The Morgan fingerprint density at radius 3 is 2.52 bits per heavy atom. The zero-order valence-corrected chi connectivity index (χ0v) is 16.0. The largest absolute Gasteiger partial charge is 0.378 e. The molecular formula is C21H21F2N5O. The van der Waals surface area contributed by atoms with E-state index in [4.69, 9.17) is 4.74 Å². The minimum absolute atomic E-state index is 0.0194. The van der Waals surface area contributed by atoms with Crippen LogP contribution in [-0.4, -0.2) is 41.5 Å². The molecule has 8 heteroatoms. The SMILES string of the molecule is CC(F)(F)c1ccc(-c2cnnc(Nc3ccnc(N4CCOCC4)c3)c2)cc1. The molecule has 0 aliphatic carbocycles. The summed E-state index contributed by atoms with van der Waals surface area (Å²) >= 11 is 0. The number of hydrogen-bond donors (Lipinski definition) is 1. The first-order chi connectivity index (χ1) is 14.0. The molecule has 4 rings (SSSR count). The Morgan fingerprint density at radius 1 is 1.03 bits per heavy atom. The number of nitrogens with one attached hydrogen (secondary N) is 1. The molecule has 3 heterocycles. The minimum Gasteiger partial charge on any atom is -0.378 e. The highest BCUT2D eigenvalue weighted by atomic mass is 19.3. The van der Waals surface area contributed by atoms with E-state index in [0.29, 0.717) is 19.0 Å². The lowest BCUT2D eigenvalue weighted by atomic mass is 10.0. The molecule has 29 heavy (non-hydrogen) atoms. The standard InChI is InChI=1S/C21H21F2N5O/c1-21(22,23)17-4-2-15(3-5-17)16-12-19(27-25-14-16)26-18-6-7-24-20(13-18)28-8-10-29-11-9-28/h2-7,12-14H,8-11H2,1H3,(H,24,26,27). The molecule has 1 aliphatic heterocycles. The Balaban J connectivity index is 1.52. The van der Waals surface area contributed by atoms with Crippen LogP contribution in [-0.2, 0) is 10.7 Å². The van der Waals surface area contributed by atoms with Crippen molar-refractivity contribution in [2.24, 2.45) is 0 Å². The first kappa shape index (κ1) is 19.2. The van der Waals surface area contributed by atoms with Crippen LogP contribution in [0.25, 0.3) is 11.1 Å². The van der Waals surface area contributed by atoms with Gasteiger partial charge in [-0.2, -0.15) is 5.10 Å². The number of morpholine rings is 1. The highest BCUT2D eigenvalue weighted by molar-refractivity contribution is 5.68. The Hall–Kier alpha value is -3.13. The van der Waals surface area contributed by atoms with Crippen molar-refractivity contribution in [1.29, 1.82) is 0 Å². The monoisotopic (exact) mass is 397 g/mol. The zero-order valence-electron chi connectivity index (χ0n) is 16.0. The highest BCUT2D eigenvalue weighted by Gasteiger charge is 2.23. The van der Waals surface area contributed by atoms with Crippen LogP contribution >= 0.6 is 0 Å². The van der Waals surface area contributed by atoms with Gasteiger partial charge in [-0.3, -0.25) is 0 Å². The van der Waals surface area contributed by atoms with Crippen LogP contribution in [0.4, 0.5) is 26.1 Å². The third-order valence-corrected chi connectivity index (χ3v) is 4.73. The maximum Gasteiger partial charge on any atom is 0.270 e. The summed E-state index contributed by atoms with van der Waals surface area (Å²) in [4.78, 5) is 6.60. The summed E-state index contributed by atoms with van der Waals surface area (Å²) in [6.45, 7) is 3.88. The van der Waals surface area contributed by atoms with E-state index in [2.05, 4.69) is 25.4 Å². The third-order valence-electron chi connectivity index (χ3n) is 4.73. The maximum atomic E-state index is 13.4. The van der Waals surface area contributed by atoms with Gasteiger partial charge in [0.25, 0.3) is 5.92 Å². The van der Waals surface area contributed by atoms with Gasteiger partial charge in [0.05, 0.1) is 19.4 Å². The Morgan fingerprint density at radius 2 is 1.79 bits per heavy atom. The van der Waals surface area contributed by atoms with E-state index >= 15 is 0 Å². The topological polar surface area (TPSA) is 63.2 Å². The van der Waals surface area contributed by atoms with Gasteiger partial charge in [-0.25, -0.2) is 13.8 Å². The van der Waals surface area contributed by atoms with Crippen molar-refractivity contribution in [3.8, 4) is 11.1 Å². The molecule has 0 amide bonds. The summed E-state index contributed by atoms with van der Waals surface area (Å²) in [5.41, 5.74) is 2.40. The van der Waals surface area contributed by atoms with Crippen LogP contribution in [0, 0.1) is 0 Å².